The monoisotopic (exact) mass is 567 g/mol. The Hall–Kier alpha value is -2.24. The van der Waals surface area contributed by atoms with Crippen LogP contribution in [0.3, 0.4) is 0 Å². The van der Waals surface area contributed by atoms with Gasteiger partial charge in [0.25, 0.3) is 0 Å². The van der Waals surface area contributed by atoms with E-state index in [9.17, 15) is 4.79 Å². The van der Waals surface area contributed by atoms with Gasteiger partial charge in [-0.3, -0.25) is 4.90 Å². The van der Waals surface area contributed by atoms with Crippen LogP contribution in [-0.4, -0.2) is 78.3 Å². The summed E-state index contributed by atoms with van der Waals surface area (Å²) in [4.78, 5) is 29.8. The third-order valence-electron chi connectivity index (χ3n) is 7.57. The molecule has 0 aliphatic carbocycles. The summed E-state index contributed by atoms with van der Waals surface area (Å²) in [5.74, 6) is -0.204. The zero-order valence-electron chi connectivity index (χ0n) is 23.6. The highest BCUT2D eigenvalue weighted by Gasteiger charge is 2.45. The smallest absolute Gasteiger partial charge is 0.410 e. The van der Waals surface area contributed by atoms with Crippen molar-refractivity contribution in [2.75, 3.05) is 31.2 Å². The maximum atomic E-state index is 15.0. The van der Waals surface area contributed by atoms with Crippen LogP contribution in [0, 0.1) is 5.82 Å². The molecule has 0 spiro atoms. The van der Waals surface area contributed by atoms with Gasteiger partial charge in [0.1, 0.15) is 23.5 Å². The van der Waals surface area contributed by atoms with Crippen molar-refractivity contribution in [2.45, 2.75) is 90.2 Å². The predicted molar refractivity (Wildman–Crippen MR) is 148 cm³/mol. The summed E-state index contributed by atoms with van der Waals surface area (Å²) in [6.45, 7) is 18.1. The molecule has 0 radical (unpaired) electrons. The second-order valence-electron chi connectivity index (χ2n) is 12.6. The molecule has 0 aromatic carbocycles. The Balaban J connectivity index is 1.57. The van der Waals surface area contributed by atoms with Crippen molar-refractivity contribution in [3.05, 3.63) is 17.2 Å². The minimum absolute atomic E-state index is 0.0407. The fourth-order valence-corrected chi connectivity index (χ4v) is 5.80. The second-order valence-corrected chi connectivity index (χ2v) is 17.8. The lowest BCUT2D eigenvalue weighted by atomic mass is 10.1. The van der Waals surface area contributed by atoms with Gasteiger partial charge in [0.2, 0.25) is 0 Å². The van der Waals surface area contributed by atoms with Crippen molar-refractivity contribution in [2.24, 2.45) is 0 Å². The van der Waals surface area contributed by atoms with Crippen LogP contribution >= 0.6 is 11.6 Å². The number of anilines is 1. The van der Waals surface area contributed by atoms with E-state index in [0.717, 1.165) is 12.8 Å². The number of pyridine rings is 1. The van der Waals surface area contributed by atoms with Crippen LogP contribution in [0.2, 0.25) is 23.3 Å². The molecule has 9 nitrogen and oxygen atoms in total. The first-order valence-electron chi connectivity index (χ1n) is 13.1. The Bertz CT molecular complexity index is 1190. The van der Waals surface area contributed by atoms with E-state index in [2.05, 4.69) is 53.7 Å². The van der Waals surface area contributed by atoms with Gasteiger partial charge in [-0.2, -0.15) is 9.97 Å². The third kappa shape index (κ3) is 5.99. The zero-order chi connectivity index (χ0) is 28.0. The average Bonchev–Trinajstić information content (AvgIpc) is 3.07. The van der Waals surface area contributed by atoms with Crippen LogP contribution in [0.25, 0.3) is 10.9 Å². The first-order valence-corrected chi connectivity index (χ1v) is 16.4. The van der Waals surface area contributed by atoms with E-state index in [0.29, 0.717) is 30.9 Å². The highest BCUT2D eigenvalue weighted by molar-refractivity contribution is 6.74. The number of fused-ring (bicyclic) bond motifs is 3. The number of ether oxygens (including phenoxy) is 2. The number of amides is 1. The average molecular weight is 568 g/mol. The van der Waals surface area contributed by atoms with E-state index in [1.54, 1.807) is 0 Å². The lowest BCUT2D eigenvalue weighted by Gasteiger charge is -2.42. The Morgan fingerprint density at radius 2 is 1.74 bits per heavy atom. The molecule has 0 N–H and O–H groups in total. The van der Waals surface area contributed by atoms with Gasteiger partial charge >= 0.3 is 12.1 Å². The van der Waals surface area contributed by atoms with Crippen molar-refractivity contribution in [1.29, 1.82) is 0 Å². The third-order valence-corrected chi connectivity index (χ3v) is 12.4. The van der Waals surface area contributed by atoms with Gasteiger partial charge in [-0.05, 0) is 51.7 Å². The lowest BCUT2D eigenvalue weighted by molar-refractivity contribution is 0.0123. The number of carbonyl (C=O) groups is 1. The molecule has 38 heavy (non-hydrogen) atoms. The van der Waals surface area contributed by atoms with Gasteiger partial charge in [0.15, 0.2) is 19.3 Å². The summed E-state index contributed by atoms with van der Waals surface area (Å²) in [6.07, 6.45) is 2.90. The van der Waals surface area contributed by atoms with Gasteiger partial charge in [-0.15, -0.1) is 0 Å². The molecular formula is C26H39ClFN5O4Si. The van der Waals surface area contributed by atoms with Crippen LogP contribution in [0.5, 0.6) is 6.01 Å². The quantitative estimate of drug-likeness (QED) is 0.245. The molecule has 4 rings (SSSR count). The number of hydrogen-bond donors (Lipinski definition) is 0. The summed E-state index contributed by atoms with van der Waals surface area (Å²) in [6, 6.07) is -0.0310. The molecule has 1 amide bonds. The molecule has 2 aromatic heterocycles. The topological polar surface area (TPSA) is 89.9 Å². The van der Waals surface area contributed by atoms with E-state index < -0.39 is 19.7 Å². The number of aromatic nitrogens is 3. The van der Waals surface area contributed by atoms with Crippen LogP contribution in [0.4, 0.5) is 15.0 Å². The zero-order valence-corrected chi connectivity index (χ0v) is 25.4. The van der Waals surface area contributed by atoms with E-state index in [-0.39, 0.29) is 46.5 Å². The number of carbonyl (C=O) groups excluding carboxylic acids is 1. The summed E-state index contributed by atoms with van der Waals surface area (Å²) in [5, 5.41) is 0.263. The van der Waals surface area contributed by atoms with Crippen molar-refractivity contribution in [1.82, 2.24) is 19.9 Å². The Morgan fingerprint density at radius 3 is 2.32 bits per heavy atom. The standard InChI is InChI=1S/C26H39ClFN5O4Si/c1-25(2,3)37-24(34)33-16-9-10-17(33)15-32(14-16)22-18-13-29-21(27)19(28)20(18)30-23(31-22)35-11-12-36-38(7,8)26(4,5)6/h13,16-17H,9-12,14-15H2,1-8H3. The van der Waals surface area contributed by atoms with Gasteiger partial charge in [0, 0.05) is 19.3 Å². The van der Waals surface area contributed by atoms with E-state index in [1.807, 2.05) is 25.7 Å². The van der Waals surface area contributed by atoms with Gasteiger partial charge in [-0.25, -0.2) is 14.2 Å². The lowest BCUT2D eigenvalue weighted by Crippen LogP contribution is -2.57. The van der Waals surface area contributed by atoms with Crippen LogP contribution in [0.1, 0.15) is 54.4 Å². The molecule has 2 aromatic rings. The molecule has 210 valence electrons. The van der Waals surface area contributed by atoms with Crippen molar-refractivity contribution in [3.63, 3.8) is 0 Å². The number of piperazine rings is 1. The van der Waals surface area contributed by atoms with E-state index >= 15 is 4.39 Å². The molecule has 12 heteroatoms. The predicted octanol–water partition coefficient (Wildman–Crippen LogP) is 5.81. The second kappa shape index (κ2) is 10.4. The molecule has 2 saturated heterocycles. The van der Waals surface area contributed by atoms with Crippen LogP contribution in [-0.2, 0) is 9.16 Å². The molecule has 2 fully saturated rings. The van der Waals surface area contributed by atoms with Crippen LogP contribution < -0.4 is 9.64 Å². The normalized spacial score (nSPS) is 20.3. The molecule has 4 heterocycles. The van der Waals surface area contributed by atoms with Crippen molar-refractivity contribution in [3.8, 4) is 6.01 Å². The number of hydrogen-bond acceptors (Lipinski definition) is 8. The first kappa shape index (κ1) is 28.8. The SMILES string of the molecule is CC(C)(C)OC(=O)N1C2CCC1CN(c1nc(OCCO[Si](C)(C)C(C)(C)C)nc3c(F)c(Cl)ncc13)C2. The van der Waals surface area contributed by atoms with Gasteiger partial charge in [0.05, 0.1) is 24.1 Å². The molecule has 2 unspecified atom stereocenters. The summed E-state index contributed by atoms with van der Waals surface area (Å²) < 4.78 is 32.8. The van der Waals surface area contributed by atoms with E-state index in [1.165, 1.54) is 6.20 Å². The fourth-order valence-electron chi connectivity index (χ4n) is 4.64. The van der Waals surface area contributed by atoms with Crippen molar-refractivity contribution < 1.29 is 23.1 Å². The van der Waals surface area contributed by atoms with Gasteiger partial charge < -0.3 is 18.8 Å². The summed E-state index contributed by atoms with van der Waals surface area (Å²) in [5.41, 5.74) is -0.517. The molecular weight excluding hydrogens is 529 g/mol. The number of rotatable bonds is 6. The maximum absolute atomic E-state index is 15.0. The largest absolute Gasteiger partial charge is 0.461 e. The molecule has 2 atom stereocenters. The minimum atomic E-state index is -1.94. The minimum Gasteiger partial charge on any atom is -0.461 e. The number of halogens is 2. The molecule has 0 saturated carbocycles. The Morgan fingerprint density at radius 1 is 1.11 bits per heavy atom. The fraction of sp³-hybridized carbons (Fsp3) is 0.692. The first-order chi connectivity index (χ1) is 17.6. The van der Waals surface area contributed by atoms with E-state index in [4.69, 9.17) is 25.5 Å². The molecule has 2 aliphatic rings. The van der Waals surface area contributed by atoms with Crippen LogP contribution in [0.15, 0.2) is 6.20 Å². The van der Waals surface area contributed by atoms with Gasteiger partial charge in [-0.1, -0.05) is 32.4 Å². The molecule has 2 bridgehead atoms. The maximum Gasteiger partial charge on any atom is 0.410 e. The number of nitrogens with zero attached hydrogens (tertiary/aromatic N) is 5. The highest BCUT2D eigenvalue weighted by atomic mass is 35.5. The summed E-state index contributed by atoms with van der Waals surface area (Å²) >= 11 is 5.99. The Labute approximate surface area is 230 Å². The molecule has 2 aliphatic heterocycles. The van der Waals surface area contributed by atoms with Crippen molar-refractivity contribution >= 4 is 42.7 Å². The highest BCUT2D eigenvalue weighted by Crippen LogP contribution is 2.38. The Kier molecular flexibility index (Phi) is 7.86. The summed E-state index contributed by atoms with van der Waals surface area (Å²) in [7, 11) is -1.94.